The fourth-order valence-corrected chi connectivity index (χ4v) is 1.93. The molecule has 0 spiro atoms. The van der Waals surface area contributed by atoms with E-state index in [1.165, 1.54) is 0 Å². The first-order valence-electron chi connectivity index (χ1n) is 4.36. The average molecular weight is 355 g/mol. The zero-order valence-corrected chi connectivity index (χ0v) is 12.0. The third kappa shape index (κ3) is 3.78. The van der Waals surface area contributed by atoms with Crippen molar-refractivity contribution in [2.45, 2.75) is 13.0 Å². The molecule has 82 valence electrons. The van der Waals surface area contributed by atoms with Gasteiger partial charge in [0.05, 0.1) is 10.6 Å². The van der Waals surface area contributed by atoms with E-state index in [1.807, 2.05) is 6.92 Å². The van der Waals surface area contributed by atoms with Gasteiger partial charge in [-0.05, 0) is 25.1 Å². The van der Waals surface area contributed by atoms with E-state index in [1.54, 1.807) is 18.2 Å². The SMILES string of the molecule is CC(CBr)NC(=O)c1ccc(Br)cc1Cl. The van der Waals surface area contributed by atoms with Crippen LogP contribution in [0.2, 0.25) is 5.02 Å². The van der Waals surface area contributed by atoms with Crippen molar-refractivity contribution in [2.24, 2.45) is 0 Å². The zero-order valence-electron chi connectivity index (χ0n) is 8.06. The van der Waals surface area contributed by atoms with Crippen molar-refractivity contribution >= 4 is 49.4 Å². The molecule has 0 saturated carbocycles. The average Bonchev–Trinajstić information content (AvgIpc) is 2.17. The second kappa shape index (κ2) is 5.87. The number of halogens is 3. The van der Waals surface area contributed by atoms with Crippen LogP contribution in [0.5, 0.6) is 0 Å². The van der Waals surface area contributed by atoms with Gasteiger partial charge in [-0.1, -0.05) is 43.5 Å². The molecule has 15 heavy (non-hydrogen) atoms. The Morgan fingerprint density at radius 3 is 2.80 bits per heavy atom. The van der Waals surface area contributed by atoms with E-state index in [0.29, 0.717) is 15.9 Å². The summed E-state index contributed by atoms with van der Waals surface area (Å²) < 4.78 is 0.859. The molecule has 2 nitrogen and oxygen atoms in total. The van der Waals surface area contributed by atoms with Crippen LogP contribution in [0.4, 0.5) is 0 Å². The monoisotopic (exact) mass is 353 g/mol. The molecule has 0 aliphatic rings. The topological polar surface area (TPSA) is 29.1 Å². The first-order valence-corrected chi connectivity index (χ1v) is 6.65. The molecule has 0 aromatic heterocycles. The standard InChI is InChI=1S/C10H10Br2ClNO/c1-6(5-11)14-10(15)8-3-2-7(12)4-9(8)13/h2-4,6H,5H2,1H3,(H,14,15). The second-order valence-electron chi connectivity index (χ2n) is 3.15. The number of carbonyl (C=O) groups excluding carboxylic acids is 1. The lowest BCUT2D eigenvalue weighted by molar-refractivity contribution is 0.0944. The van der Waals surface area contributed by atoms with Crippen molar-refractivity contribution in [3.05, 3.63) is 33.3 Å². The molecule has 1 rings (SSSR count). The number of alkyl halides is 1. The summed E-state index contributed by atoms with van der Waals surface area (Å²) in [6.45, 7) is 1.92. The number of amides is 1. The second-order valence-corrected chi connectivity index (χ2v) is 5.12. The minimum Gasteiger partial charge on any atom is -0.349 e. The predicted octanol–water partition coefficient (Wildman–Crippen LogP) is 3.62. The molecular formula is C10H10Br2ClNO. The summed E-state index contributed by atoms with van der Waals surface area (Å²) in [4.78, 5) is 11.7. The molecule has 0 bridgehead atoms. The molecule has 1 amide bonds. The summed E-state index contributed by atoms with van der Waals surface area (Å²) in [6, 6.07) is 5.27. The van der Waals surface area contributed by atoms with Crippen LogP contribution < -0.4 is 5.32 Å². The van der Waals surface area contributed by atoms with E-state index in [4.69, 9.17) is 11.6 Å². The Bertz CT molecular complexity index is 370. The highest BCUT2D eigenvalue weighted by molar-refractivity contribution is 9.10. The Hall–Kier alpha value is -0.0600. The lowest BCUT2D eigenvalue weighted by Crippen LogP contribution is -2.33. The number of hydrogen-bond acceptors (Lipinski definition) is 1. The minimum absolute atomic E-state index is 0.0808. The van der Waals surface area contributed by atoms with Gasteiger partial charge in [0.1, 0.15) is 0 Å². The first-order chi connectivity index (χ1) is 7.04. The van der Waals surface area contributed by atoms with Crippen molar-refractivity contribution in [1.29, 1.82) is 0 Å². The maximum atomic E-state index is 11.7. The summed E-state index contributed by atoms with van der Waals surface area (Å²) >= 11 is 12.5. The Kier molecular flexibility index (Phi) is 5.09. The molecule has 0 fully saturated rings. The third-order valence-corrected chi connectivity index (χ3v) is 3.56. The molecule has 0 saturated heterocycles. The Balaban J connectivity index is 2.82. The zero-order chi connectivity index (χ0) is 11.4. The molecule has 0 aliphatic heterocycles. The van der Waals surface area contributed by atoms with Gasteiger partial charge in [0.2, 0.25) is 0 Å². The van der Waals surface area contributed by atoms with E-state index < -0.39 is 0 Å². The van der Waals surface area contributed by atoms with Crippen LogP contribution in [-0.4, -0.2) is 17.3 Å². The number of benzene rings is 1. The maximum Gasteiger partial charge on any atom is 0.253 e. The van der Waals surface area contributed by atoms with Crippen LogP contribution in [-0.2, 0) is 0 Å². The molecule has 0 aliphatic carbocycles. The van der Waals surface area contributed by atoms with E-state index in [-0.39, 0.29) is 11.9 Å². The highest BCUT2D eigenvalue weighted by Crippen LogP contribution is 2.21. The largest absolute Gasteiger partial charge is 0.349 e. The summed E-state index contributed by atoms with van der Waals surface area (Å²) in [5.41, 5.74) is 0.493. The lowest BCUT2D eigenvalue weighted by atomic mass is 10.2. The minimum atomic E-state index is -0.153. The molecule has 0 heterocycles. The summed E-state index contributed by atoms with van der Waals surface area (Å²) in [5, 5.41) is 3.98. The molecule has 1 N–H and O–H groups in total. The first kappa shape index (κ1) is 13.0. The fraction of sp³-hybridized carbons (Fsp3) is 0.300. The summed E-state index contributed by atoms with van der Waals surface area (Å²) in [6.07, 6.45) is 0. The molecule has 5 heteroatoms. The Morgan fingerprint density at radius 1 is 1.60 bits per heavy atom. The van der Waals surface area contributed by atoms with Gasteiger partial charge in [0.15, 0.2) is 0 Å². The van der Waals surface area contributed by atoms with Crippen LogP contribution in [0.1, 0.15) is 17.3 Å². The van der Waals surface area contributed by atoms with Gasteiger partial charge in [-0.2, -0.15) is 0 Å². The number of rotatable bonds is 3. The smallest absolute Gasteiger partial charge is 0.253 e. The lowest BCUT2D eigenvalue weighted by Gasteiger charge is -2.11. The predicted molar refractivity (Wildman–Crippen MR) is 69.9 cm³/mol. The van der Waals surface area contributed by atoms with Gasteiger partial charge in [-0.3, -0.25) is 4.79 Å². The Morgan fingerprint density at radius 2 is 2.27 bits per heavy atom. The van der Waals surface area contributed by atoms with E-state index >= 15 is 0 Å². The molecule has 0 radical (unpaired) electrons. The van der Waals surface area contributed by atoms with Crippen molar-refractivity contribution in [1.82, 2.24) is 5.32 Å². The quantitative estimate of drug-likeness (QED) is 0.825. The van der Waals surface area contributed by atoms with Gasteiger partial charge in [-0.25, -0.2) is 0 Å². The van der Waals surface area contributed by atoms with Gasteiger partial charge in [0.25, 0.3) is 5.91 Å². The van der Waals surface area contributed by atoms with Gasteiger partial charge >= 0.3 is 0 Å². The summed E-state index contributed by atoms with van der Waals surface area (Å²) in [7, 11) is 0. The molecule has 1 aromatic rings. The van der Waals surface area contributed by atoms with Gasteiger partial charge < -0.3 is 5.32 Å². The highest BCUT2D eigenvalue weighted by Gasteiger charge is 2.12. The highest BCUT2D eigenvalue weighted by atomic mass is 79.9. The van der Waals surface area contributed by atoms with Crippen LogP contribution in [0.15, 0.2) is 22.7 Å². The van der Waals surface area contributed by atoms with Gasteiger partial charge in [-0.15, -0.1) is 0 Å². The van der Waals surface area contributed by atoms with E-state index in [2.05, 4.69) is 37.2 Å². The van der Waals surface area contributed by atoms with Crippen molar-refractivity contribution in [2.75, 3.05) is 5.33 Å². The fourth-order valence-electron chi connectivity index (χ4n) is 1.01. The van der Waals surface area contributed by atoms with E-state index in [9.17, 15) is 4.79 Å². The molecule has 1 aromatic carbocycles. The normalized spacial score (nSPS) is 12.3. The van der Waals surface area contributed by atoms with Crippen molar-refractivity contribution in [3.63, 3.8) is 0 Å². The van der Waals surface area contributed by atoms with Gasteiger partial charge in [0, 0.05) is 15.8 Å². The van der Waals surface area contributed by atoms with Crippen molar-refractivity contribution in [3.8, 4) is 0 Å². The third-order valence-electron chi connectivity index (χ3n) is 1.78. The summed E-state index contributed by atoms with van der Waals surface area (Å²) in [5.74, 6) is -0.153. The van der Waals surface area contributed by atoms with Crippen LogP contribution in [0.25, 0.3) is 0 Å². The Labute approximate surface area is 111 Å². The maximum absolute atomic E-state index is 11.7. The van der Waals surface area contributed by atoms with E-state index in [0.717, 1.165) is 4.47 Å². The molecular weight excluding hydrogens is 345 g/mol. The van der Waals surface area contributed by atoms with Crippen LogP contribution in [0.3, 0.4) is 0 Å². The van der Waals surface area contributed by atoms with Crippen LogP contribution in [0, 0.1) is 0 Å². The number of nitrogens with one attached hydrogen (secondary N) is 1. The number of hydrogen-bond donors (Lipinski definition) is 1. The van der Waals surface area contributed by atoms with Crippen molar-refractivity contribution < 1.29 is 4.79 Å². The number of carbonyl (C=O) groups is 1. The van der Waals surface area contributed by atoms with Crippen LogP contribution >= 0.6 is 43.5 Å². The molecule has 1 unspecified atom stereocenters. The molecule has 1 atom stereocenters.